The van der Waals surface area contributed by atoms with Gasteiger partial charge in [0.1, 0.15) is 12.1 Å². The zero-order chi connectivity index (χ0) is 13.0. The van der Waals surface area contributed by atoms with Crippen molar-refractivity contribution >= 4 is 27.4 Å². The molecule has 2 heterocycles. The number of fused-ring (bicyclic) bond motifs is 1. The van der Waals surface area contributed by atoms with Crippen molar-refractivity contribution in [3.05, 3.63) is 17.3 Å². The van der Waals surface area contributed by atoms with E-state index in [1.807, 2.05) is 0 Å². The molecule has 0 spiro atoms. The van der Waals surface area contributed by atoms with E-state index in [9.17, 15) is 0 Å². The van der Waals surface area contributed by atoms with Crippen LogP contribution in [0.2, 0.25) is 0 Å². The van der Waals surface area contributed by atoms with Crippen LogP contribution in [0.1, 0.15) is 25.3 Å². The average Bonchev–Trinajstić information content (AvgIpc) is 2.77. The van der Waals surface area contributed by atoms with Crippen molar-refractivity contribution in [3.63, 3.8) is 0 Å². The van der Waals surface area contributed by atoms with Crippen LogP contribution in [-0.4, -0.2) is 28.2 Å². The van der Waals surface area contributed by atoms with Gasteiger partial charge in [-0.3, -0.25) is 0 Å². The SMILES string of the molecule is Cc1csc2c(NCCCC(C)CO)ncnc12. The highest BCUT2D eigenvalue weighted by molar-refractivity contribution is 7.18. The summed E-state index contributed by atoms with van der Waals surface area (Å²) in [5.74, 6) is 1.30. The quantitative estimate of drug-likeness (QED) is 0.789. The molecular formula is C13H19N3OS. The molecule has 4 nitrogen and oxygen atoms in total. The van der Waals surface area contributed by atoms with Crippen molar-refractivity contribution in [2.75, 3.05) is 18.5 Å². The van der Waals surface area contributed by atoms with Gasteiger partial charge in [0.25, 0.3) is 0 Å². The van der Waals surface area contributed by atoms with Crippen LogP contribution in [0, 0.1) is 12.8 Å². The first-order chi connectivity index (χ1) is 8.72. The standard InChI is InChI=1S/C13H19N3OS/c1-9(6-17)4-3-5-14-13-12-11(15-8-16-13)10(2)7-18-12/h7-9,17H,3-6H2,1-2H3,(H,14,15,16). The summed E-state index contributed by atoms with van der Waals surface area (Å²) in [6.45, 7) is 5.28. The molecule has 98 valence electrons. The van der Waals surface area contributed by atoms with Crippen molar-refractivity contribution in [2.24, 2.45) is 5.92 Å². The van der Waals surface area contributed by atoms with Crippen LogP contribution in [0.4, 0.5) is 5.82 Å². The van der Waals surface area contributed by atoms with Gasteiger partial charge >= 0.3 is 0 Å². The van der Waals surface area contributed by atoms with Gasteiger partial charge in [0.15, 0.2) is 0 Å². The Balaban J connectivity index is 1.95. The molecular weight excluding hydrogens is 246 g/mol. The molecule has 1 atom stereocenters. The second-order valence-electron chi connectivity index (χ2n) is 4.68. The summed E-state index contributed by atoms with van der Waals surface area (Å²) >= 11 is 1.68. The molecule has 2 rings (SSSR count). The Morgan fingerprint density at radius 2 is 2.28 bits per heavy atom. The van der Waals surface area contributed by atoms with Crippen molar-refractivity contribution in [2.45, 2.75) is 26.7 Å². The highest BCUT2D eigenvalue weighted by Gasteiger charge is 2.07. The van der Waals surface area contributed by atoms with Crippen LogP contribution >= 0.6 is 11.3 Å². The Morgan fingerprint density at radius 3 is 3.06 bits per heavy atom. The maximum Gasteiger partial charge on any atom is 0.147 e. The number of nitrogens with zero attached hydrogens (tertiary/aromatic N) is 2. The largest absolute Gasteiger partial charge is 0.396 e. The number of aromatic nitrogens is 2. The molecule has 0 aliphatic rings. The molecule has 2 aromatic heterocycles. The number of aliphatic hydroxyl groups is 1. The van der Waals surface area contributed by atoms with Crippen LogP contribution in [0.15, 0.2) is 11.7 Å². The molecule has 0 fully saturated rings. The van der Waals surface area contributed by atoms with Crippen LogP contribution in [0.5, 0.6) is 0 Å². The average molecular weight is 265 g/mol. The molecule has 0 saturated carbocycles. The fraction of sp³-hybridized carbons (Fsp3) is 0.538. The summed E-state index contributed by atoms with van der Waals surface area (Å²) in [5.41, 5.74) is 2.25. The predicted octanol–water partition coefficient (Wildman–Crippen LogP) is 2.82. The summed E-state index contributed by atoms with van der Waals surface area (Å²) in [5, 5.41) is 14.4. The summed E-state index contributed by atoms with van der Waals surface area (Å²) in [4.78, 5) is 8.59. The molecule has 2 N–H and O–H groups in total. The Morgan fingerprint density at radius 1 is 1.44 bits per heavy atom. The van der Waals surface area contributed by atoms with Gasteiger partial charge < -0.3 is 10.4 Å². The minimum absolute atomic E-state index is 0.266. The van der Waals surface area contributed by atoms with Crippen LogP contribution in [0.25, 0.3) is 10.2 Å². The lowest BCUT2D eigenvalue weighted by molar-refractivity contribution is 0.229. The zero-order valence-corrected chi connectivity index (χ0v) is 11.6. The van der Waals surface area contributed by atoms with Crippen molar-refractivity contribution in [1.82, 2.24) is 9.97 Å². The molecule has 0 aliphatic carbocycles. The van der Waals surface area contributed by atoms with E-state index in [-0.39, 0.29) is 6.61 Å². The van der Waals surface area contributed by atoms with Crippen molar-refractivity contribution in [3.8, 4) is 0 Å². The summed E-state index contributed by atoms with van der Waals surface area (Å²) in [6, 6.07) is 0. The van der Waals surface area contributed by atoms with Crippen LogP contribution in [0.3, 0.4) is 0 Å². The molecule has 18 heavy (non-hydrogen) atoms. The Hall–Kier alpha value is -1.20. The van der Waals surface area contributed by atoms with Gasteiger partial charge in [0.2, 0.25) is 0 Å². The molecule has 2 aromatic rings. The molecule has 0 amide bonds. The normalized spacial score (nSPS) is 12.8. The fourth-order valence-corrected chi connectivity index (χ4v) is 2.81. The van der Waals surface area contributed by atoms with E-state index < -0.39 is 0 Å². The molecule has 0 saturated heterocycles. The van der Waals surface area contributed by atoms with E-state index in [0.29, 0.717) is 5.92 Å². The van der Waals surface area contributed by atoms with Gasteiger partial charge in [-0.1, -0.05) is 6.92 Å². The van der Waals surface area contributed by atoms with Crippen molar-refractivity contribution < 1.29 is 5.11 Å². The van der Waals surface area contributed by atoms with E-state index in [0.717, 1.165) is 35.4 Å². The smallest absolute Gasteiger partial charge is 0.147 e. The van der Waals surface area contributed by atoms with E-state index in [1.54, 1.807) is 17.7 Å². The van der Waals surface area contributed by atoms with E-state index in [4.69, 9.17) is 5.11 Å². The third-order valence-electron chi connectivity index (χ3n) is 3.01. The first-order valence-corrected chi connectivity index (χ1v) is 7.14. The molecule has 0 aliphatic heterocycles. The lowest BCUT2D eigenvalue weighted by Crippen LogP contribution is -2.07. The lowest BCUT2D eigenvalue weighted by Gasteiger charge is -2.09. The number of hydrogen-bond donors (Lipinski definition) is 2. The Bertz CT molecular complexity index is 512. The summed E-state index contributed by atoms with van der Waals surface area (Å²) < 4.78 is 1.13. The topological polar surface area (TPSA) is 58.0 Å². The Kier molecular flexibility index (Phi) is 4.49. The van der Waals surface area contributed by atoms with E-state index in [1.165, 1.54) is 5.56 Å². The fourth-order valence-electron chi connectivity index (χ4n) is 1.84. The Labute approximate surface area is 111 Å². The van der Waals surface area contributed by atoms with Crippen molar-refractivity contribution in [1.29, 1.82) is 0 Å². The van der Waals surface area contributed by atoms with E-state index >= 15 is 0 Å². The number of aryl methyl sites for hydroxylation is 1. The number of thiophene rings is 1. The first kappa shape index (κ1) is 13.2. The highest BCUT2D eigenvalue weighted by Crippen LogP contribution is 2.28. The third kappa shape index (κ3) is 2.97. The molecule has 5 heteroatoms. The molecule has 0 bridgehead atoms. The van der Waals surface area contributed by atoms with Crippen LogP contribution in [-0.2, 0) is 0 Å². The summed E-state index contributed by atoms with van der Waals surface area (Å²) in [6.07, 6.45) is 3.68. The highest BCUT2D eigenvalue weighted by atomic mass is 32.1. The maximum absolute atomic E-state index is 8.96. The molecule has 0 radical (unpaired) electrons. The number of aliphatic hydroxyl groups excluding tert-OH is 1. The second-order valence-corrected chi connectivity index (χ2v) is 5.56. The number of rotatable bonds is 6. The number of hydrogen-bond acceptors (Lipinski definition) is 5. The minimum atomic E-state index is 0.266. The van der Waals surface area contributed by atoms with Crippen LogP contribution < -0.4 is 5.32 Å². The minimum Gasteiger partial charge on any atom is -0.396 e. The lowest BCUT2D eigenvalue weighted by atomic mass is 10.1. The van der Waals surface area contributed by atoms with Gasteiger partial charge in [-0.2, -0.15) is 0 Å². The second kappa shape index (κ2) is 6.11. The first-order valence-electron chi connectivity index (χ1n) is 6.26. The predicted molar refractivity (Wildman–Crippen MR) is 76.1 cm³/mol. The van der Waals surface area contributed by atoms with E-state index in [2.05, 4.69) is 34.5 Å². The monoisotopic (exact) mass is 265 g/mol. The number of nitrogens with one attached hydrogen (secondary N) is 1. The van der Waals surface area contributed by atoms with Gasteiger partial charge in [-0.05, 0) is 36.6 Å². The van der Waals surface area contributed by atoms with Gasteiger partial charge in [-0.15, -0.1) is 11.3 Å². The van der Waals surface area contributed by atoms with Gasteiger partial charge in [0.05, 0.1) is 10.2 Å². The van der Waals surface area contributed by atoms with Gasteiger partial charge in [-0.25, -0.2) is 9.97 Å². The number of anilines is 1. The molecule has 0 aromatic carbocycles. The zero-order valence-electron chi connectivity index (χ0n) is 10.8. The van der Waals surface area contributed by atoms with Gasteiger partial charge in [0, 0.05) is 13.2 Å². The maximum atomic E-state index is 8.96. The third-order valence-corrected chi connectivity index (χ3v) is 4.10. The summed E-state index contributed by atoms with van der Waals surface area (Å²) in [7, 11) is 0. The molecule has 1 unspecified atom stereocenters.